The predicted molar refractivity (Wildman–Crippen MR) is 98.1 cm³/mol. The minimum absolute atomic E-state index is 0.0465. The highest BCUT2D eigenvalue weighted by Crippen LogP contribution is 2.25. The highest BCUT2D eigenvalue weighted by Gasteiger charge is 2.19. The maximum Gasteiger partial charge on any atom is 0.261 e. The van der Waals surface area contributed by atoms with Crippen molar-refractivity contribution in [2.45, 2.75) is 45.3 Å². The van der Waals surface area contributed by atoms with Crippen LogP contribution in [0.3, 0.4) is 0 Å². The summed E-state index contributed by atoms with van der Waals surface area (Å²) in [6.07, 6.45) is 2.95. The molecule has 4 nitrogen and oxygen atoms in total. The van der Waals surface area contributed by atoms with E-state index in [0.29, 0.717) is 11.5 Å². The molecule has 2 atom stereocenters. The first-order valence-electron chi connectivity index (χ1n) is 8.79. The van der Waals surface area contributed by atoms with Gasteiger partial charge in [-0.25, -0.2) is 0 Å². The summed E-state index contributed by atoms with van der Waals surface area (Å²) < 4.78 is 10.9. The average molecular weight is 339 g/mol. The van der Waals surface area contributed by atoms with Crippen LogP contribution in [0.4, 0.5) is 0 Å². The van der Waals surface area contributed by atoms with E-state index < -0.39 is 6.10 Å². The number of carbonyl (C=O) groups excluding carboxylic acids is 1. The number of hydrogen-bond donors (Lipinski definition) is 1. The number of hydrogen-bond acceptors (Lipinski definition) is 3. The Morgan fingerprint density at radius 1 is 1.04 bits per heavy atom. The highest BCUT2D eigenvalue weighted by molar-refractivity contribution is 5.81. The minimum atomic E-state index is -0.580. The van der Waals surface area contributed by atoms with Gasteiger partial charge in [-0.15, -0.1) is 0 Å². The van der Waals surface area contributed by atoms with Gasteiger partial charge in [-0.1, -0.05) is 24.3 Å². The summed E-state index contributed by atoms with van der Waals surface area (Å²) in [7, 11) is 1.60. The summed E-state index contributed by atoms with van der Waals surface area (Å²) >= 11 is 0. The van der Waals surface area contributed by atoms with Crippen molar-refractivity contribution < 1.29 is 14.3 Å². The van der Waals surface area contributed by atoms with Crippen LogP contribution in [0.25, 0.3) is 0 Å². The van der Waals surface area contributed by atoms with E-state index in [9.17, 15) is 4.79 Å². The van der Waals surface area contributed by atoms with Crippen molar-refractivity contribution in [2.75, 3.05) is 7.11 Å². The van der Waals surface area contributed by atoms with Gasteiger partial charge >= 0.3 is 0 Å². The molecule has 0 aliphatic heterocycles. The SMILES string of the molecule is COc1cccc(O[C@@H](C)C(=O)N[C@H](C)c2ccc3c(c2)CCC3)c1. The smallest absolute Gasteiger partial charge is 0.261 e. The lowest BCUT2D eigenvalue weighted by atomic mass is 10.0. The number of methoxy groups -OCH3 is 1. The van der Waals surface area contributed by atoms with Gasteiger partial charge in [-0.3, -0.25) is 4.79 Å². The van der Waals surface area contributed by atoms with E-state index >= 15 is 0 Å². The number of aryl methyl sites for hydroxylation is 2. The molecule has 0 saturated heterocycles. The van der Waals surface area contributed by atoms with Crippen LogP contribution < -0.4 is 14.8 Å². The molecule has 0 saturated carbocycles. The van der Waals surface area contributed by atoms with Crippen LogP contribution in [0.1, 0.15) is 43.0 Å². The molecule has 1 aliphatic carbocycles. The van der Waals surface area contributed by atoms with Crippen LogP contribution in [0.2, 0.25) is 0 Å². The largest absolute Gasteiger partial charge is 0.497 e. The monoisotopic (exact) mass is 339 g/mol. The van der Waals surface area contributed by atoms with Gasteiger partial charge in [-0.2, -0.15) is 0 Å². The Morgan fingerprint density at radius 3 is 2.60 bits per heavy atom. The molecule has 0 bridgehead atoms. The maximum absolute atomic E-state index is 12.5. The fraction of sp³-hybridized carbons (Fsp3) is 0.381. The molecule has 0 radical (unpaired) electrons. The molecule has 0 fully saturated rings. The molecule has 3 rings (SSSR count). The van der Waals surface area contributed by atoms with Crippen LogP contribution in [0.5, 0.6) is 11.5 Å². The zero-order valence-electron chi connectivity index (χ0n) is 15.0. The number of ether oxygens (including phenoxy) is 2. The Hall–Kier alpha value is -2.49. The lowest BCUT2D eigenvalue weighted by Gasteiger charge is -2.20. The van der Waals surface area contributed by atoms with Gasteiger partial charge in [0.15, 0.2) is 6.10 Å². The van der Waals surface area contributed by atoms with E-state index in [4.69, 9.17) is 9.47 Å². The lowest BCUT2D eigenvalue weighted by Crippen LogP contribution is -2.37. The Bertz CT molecular complexity index is 757. The summed E-state index contributed by atoms with van der Waals surface area (Å²) in [4.78, 5) is 12.5. The van der Waals surface area contributed by atoms with Gasteiger partial charge < -0.3 is 14.8 Å². The second-order valence-corrected chi connectivity index (χ2v) is 6.55. The molecule has 1 amide bonds. The molecule has 1 aliphatic rings. The number of benzene rings is 2. The normalized spacial score (nSPS) is 15.2. The van der Waals surface area contributed by atoms with Crippen molar-refractivity contribution in [3.63, 3.8) is 0 Å². The number of carbonyl (C=O) groups is 1. The Labute approximate surface area is 149 Å². The summed E-state index contributed by atoms with van der Waals surface area (Å²) in [5.41, 5.74) is 4.00. The van der Waals surface area contributed by atoms with Crippen molar-refractivity contribution in [3.8, 4) is 11.5 Å². The molecule has 132 valence electrons. The predicted octanol–water partition coefficient (Wildman–Crippen LogP) is 3.83. The third-order valence-corrected chi connectivity index (χ3v) is 4.70. The van der Waals surface area contributed by atoms with E-state index in [2.05, 4.69) is 23.5 Å². The van der Waals surface area contributed by atoms with E-state index in [1.165, 1.54) is 24.0 Å². The van der Waals surface area contributed by atoms with Gasteiger partial charge in [0.1, 0.15) is 11.5 Å². The van der Waals surface area contributed by atoms with Gasteiger partial charge in [0.2, 0.25) is 0 Å². The number of amides is 1. The average Bonchev–Trinajstić information content (AvgIpc) is 3.09. The van der Waals surface area contributed by atoms with Crippen molar-refractivity contribution in [1.29, 1.82) is 0 Å². The van der Waals surface area contributed by atoms with Crippen molar-refractivity contribution >= 4 is 5.91 Å². The molecule has 0 spiro atoms. The first-order chi connectivity index (χ1) is 12.1. The third-order valence-electron chi connectivity index (χ3n) is 4.70. The fourth-order valence-electron chi connectivity index (χ4n) is 3.21. The van der Waals surface area contributed by atoms with Crippen LogP contribution in [-0.2, 0) is 17.6 Å². The molecular weight excluding hydrogens is 314 g/mol. The topological polar surface area (TPSA) is 47.6 Å². The zero-order chi connectivity index (χ0) is 17.8. The molecule has 0 heterocycles. The fourth-order valence-corrected chi connectivity index (χ4v) is 3.21. The van der Waals surface area contributed by atoms with E-state index in [-0.39, 0.29) is 11.9 Å². The number of rotatable bonds is 6. The van der Waals surface area contributed by atoms with Crippen molar-refractivity contribution in [3.05, 3.63) is 59.2 Å². The van der Waals surface area contributed by atoms with Gasteiger partial charge in [-0.05, 0) is 61.9 Å². The Morgan fingerprint density at radius 2 is 1.80 bits per heavy atom. The van der Waals surface area contributed by atoms with E-state index in [0.717, 1.165) is 12.0 Å². The summed E-state index contributed by atoms with van der Waals surface area (Å²) in [6.45, 7) is 3.76. The van der Waals surface area contributed by atoms with Gasteiger partial charge in [0.05, 0.1) is 13.2 Å². The lowest BCUT2D eigenvalue weighted by molar-refractivity contribution is -0.127. The van der Waals surface area contributed by atoms with Crippen LogP contribution in [0, 0.1) is 0 Å². The molecule has 2 aromatic rings. The number of nitrogens with one attached hydrogen (secondary N) is 1. The van der Waals surface area contributed by atoms with Gasteiger partial charge in [0.25, 0.3) is 5.91 Å². The second-order valence-electron chi connectivity index (χ2n) is 6.55. The molecule has 0 aromatic heterocycles. The second kappa shape index (κ2) is 7.60. The molecule has 4 heteroatoms. The first kappa shape index (κ1) is 17.3. The van der Waals surface area contributed by atoms with Gasteiger partial charge in [0, 0.05) is 6.07 Å². The molecule has 2 aromatic carbocycles. The summed E-state index contributed by atoms with van der Waals surface area (Å²) in [5.74, 6) is 1.19. The van der Waals surface area contributed by atoms with Crippen LogP contribution in [0.15, 0.2) is 42.5 Å². The molecule has 1 N–H and O–H groups in total. The molecule has 25 heavy (non-hydrogen) atoms. The standard InChI is InChI=1S/C21H25NO3/c1-14(17-11-10-16-6-4-7-18(16)12-17)22-21(23)15(2)25-20-9-5-8-19(13-20)24-3/h5,8-15H,4,6-7H2,1-3H3,(H,22,23)/t14-,15+/m1/s1. The summed E-state index contributed by atoms with van der Waals surface area (Å²) in [5, 5.41) is 3.04. The van der Waals surface area contributed by atoms with E-state index in [1.54, 1.807) is 20.1 Å². The minimum Gasteiger partial charge on any atom is -0.497 e. The summed E-state index contributed by atoms with van der Waals surface area (Å²) in [6, 6.07) is 13.7. The van der Waals surface area contributed by atoms with E-state index in [1.807, 2.05) is 25.1 Å². The van der Waals surface area contributed by atoms with Crippen molar-refractivity contribution in [1.82, 2.24) is 5.32 Å². The maximum atomic E-state index is 12.5. The zero-order valence-corrected chi connectivity index (χ0v) is 15.0. The van der Waals surface area contributed by atoms with Crippen molar-refractivity contribution in [2.24, 2.45) is 0 Å². The third kappa shape index (κ3) is 4.13. The molecule has 0 unspecified atom stereocenters. The Balaban J connectivity index is 1.60. The molecular formula is C21H25NO3. The van der Waals surface area contributed by atoms with Crippen LogP contribution >= 0.6 is 0 Å². The quantitative estimate of drug-likeness (QED) is 0.870. The highest BCUT2D eigenvalue weighted by atomic mass is 16.5. The number of fused-ring (bicyclic) bond motifs is 1. The van der Waals surface area contributed by atoms with Crippen LogP contribution in [-0.4, -0.2) is 19.1 Å². The first-order valence-corrected chi connectivity index (χ1v) is 8.79. The Kier molecular flexibility index (Phi) is 5.27.